The molecule has 1 aromatic rings. The molecule has 0 aromatic heterocycles. The van der Waals surface area contributed by atoms with E-state index in [9.17, 15) is 4.39 Å². The van der Waals surface area contributed by atoms with Gasteiger partial charge in [0, 0.05) is 49.9 Å². The van der Waals surface area contributed by atoms with Gasteiger partial charge < -0.3 is 5.73 Å². The number of nitrogens with zero attached hydrogens (tertiary/aromatic N) is 2. The maximum atomic E-state index is 14.0. The fourth-order valence-electron chi connectivity index (χ4n) is 2.52. The Morgan fingerprint density at radius 1 is 1.30 bits per heavy atom. The standard InChI is InChI=1S/C15H23FN4/c1-11(2)20-7-5-19(6-8-20)10-13-4-3-12(15(17)18)9-14(13)16/h3-4,9,11H,5-8,10H2,1-2H3,(H3,17,18). The molecule has 1 fully saturated rings. The van der Waals surface area contributed by atoms with E-state index in [-0.39, 0.29) is 11.7 Å². The van der Waals surface area contributed by atoms with E-state index < -0.39 is 0 Å². The van der Waals surface area contributed by atoms with Crippen LogP contribution < -0.4 is 5.73 Å². The number of nitrogens with two attached hydrogens (primary N) is 1. The molecule has 3 N–H and O–H groups in total. The lowest BCUT2D eigenvalue weighted by Crippen LogP contribution is -2.48. The number of benzene rings is 1. The van der Waals surface area contributed by atoms with Crippen LogP contribution in [0.3, 0.4) is 0 Å². The first-order valence-corrected chi connectivity index (χ1v) is 7.06. The largest absolute Gasteiger partial charge is 0.384 e. The maximum Gasteiger partial charge on any atom is 0.128 e. The summed E-state index contributed by atoms with van der Waals surface area (Å²) in [5.41, 5.74) is 6.48. The molecule has 1 aromatic carbocycles. The summed E-state index contributed by atoms with van der Waals surface area (Å²) in [7, 11) is 0. The molecule has 0 spiro atoms. The number of amidine groups is 1. The maximum absolute atomic E-state index is 14.0. The van der Waals surface area contributed by atoms with Crippen molar-refractivity contribution in [2.24, 2.45) is 5.73 Å². The van der Waals surface area contributed by atoms with Gasteiger partial charge in [-0.2, -0.15) is 0 Å². The van der Waals surface area contributed by atoms with Crippen LogP contribution in [0, 0.1) is 11.2 Å². The minimum Gasteiger partial charge on any atom is -0.384 e. The van der Waals surface area contributed by atoms with Gasteiger partial charge >= 0.3 is 0 Å². The summed E-state index contributed by atoms with van der Waals surface area (Å²) in [6.45, 7) is 9.02. The van der Waals surface area contributed by atoms with E-state index in [0.29, 0.717) is 23.7 Å². The lowest BCUT2D eigenvalue weighted by Gasteiger charge is -2.37. The van der Waals surface area contributed by atoms with E-state index >= 15 is 0 Å². The Labute approximate surface area is 119 Å². The fourth-order valence-corrected chi connectivity index (χ4v) is 2.52. The molecule has 4 nitrogen and oxygen atoms in total. The zero-order chi connectivity index (χ0) is 14.7. The Balaban J connectivity index is 1.96. The highest BCUT2D eigenvalue weighted by Gasteiger charge is 2.19. The molecule has 1 heterocycles. The number of halogens is 1. The summed E-state index contributed by atoms with van der Waals surface area (Å²) >= 11 is 0. The van der Waals surface area contributed by atoms with Crippen molar-refractivity contribution in [3.05, 3.63) is 35.1 Å². The molecular weight excluding hydrogens is 255 g/mol. The van der Waals surface area contributed by atoms with Crippen molar-refractivity contribution in [3.8, 4) is 0 Å². The molecule has 1 aliphatic rings. The molecule has 0 bridgehead atoms. The van der Waals surface area contributed by atoms with Crippen molar-refractivity contribution in [2.45, 2.75) is 26.4 Å². The molecule has 20 heavy (non-hydrogen) atoms. The van der Waals surface area contributed by atoms with Gasteiger partial charge in [0.25, 0.3) is 0 Å². The zero-order valence-electron chi connectivity index (χ0n) is 12.2. The van der Waals surface area contributed by atoms with Crippen LogP contribution in [0.5, 0.6) is 0 Å². The highest BCUT2D eigenvalue weighted by Crippen LogP contribution is 2.15. The van der Waals surface area contributed by atoms with Crippen LogP contribution in [-0.2, 0) is 6.54 Å². The molecule has 1 saturated heterocycles. The van der Waals surface area contributed by atoms with Gasteiger partial charge in [-0.3, -0.25) is 15.2 Å². The molecule has 5 heteroatoms. The topological polar surface area (TPSA) is 56.4 Å². The fraction of sp³-hybridized carbons (Fsp3) is 0.533. The minimum atomic E-state index is -0.274. The summed E-state index contributed by atoms with van der Waals surface area (Å²) in [4.78, 5) is 4.70. The molecule has 2 rings (SSSR count). The molecule has 0 amide bonds. The van der Waals surface area contributed by atoms with E-state index in [4.69, 9.17) is 11.1 Å². The molecule has 0 radical (unpaired) electrons. The number of rotatable bonds is 4. The van der Waals surface area contributed by atoms with Crippen LogP contribution >= 0.6 is 0 Å². The van der Waals surface area contributed by atoms with Crippen molar-refractivity contribution < 1.29 is 4.39 Å². The van der Waals surface area contributed by atoms with Crippen molar-refractivity contribution >= 4 is 5.84 Å². The zero-order valence-corrected chi connectivity index (χ0v) is 12.2. The number of hydrogen-bond donors (Lipinski definition) is 2. The van der Waals surface area contributed by atoms with Gasteiger partial charge in [-0.05, 0) is 19.9 Å². The second-order valence-corrected chi connectivity index (χ2v) is 5.63. The summed E-state index contributed by atoms with van der Waals surface area (Å²) < 4.78 is 14.0. The second kappa shape index (κ2) is 6.33. The third-order valence-corrected chi connectivity index (χ3v) is 3.90. The first kappa shape index (κ1) is 14.9. The van der Waals surface area contributed by atoms with Crippen LogP contribution in [0.15, 0.2) is 18.2 Å². The van der Waals surface area contributed by atoms with E-state index in [1.807, 2.05) is 0 Å². The number of nitrogen functional groups attached to an aromatic ring is 1. The molecular formula is C15H23FN4. The number of piperazine rings is 1. The molecule has 110 valence electrons. The SMILES string of the molecule is CC(C)N1CCN(Cc2ccc(C(=N)N)cc2F)CC1. The average Bonchev–Trinajstić information content (AvgIpc) is 2.41. The highest BCUT2D eigenvalue weighted by atomic mass is 19.1. The molecule has 0 atom stereocenters. The Bertz CT molecular complexity index is 479. The molecule has 0 unspecified atom stereocenters. The third kappa shape index (κ3) is 3.55. The molecule has 1 aliphatic heterocycles. The van der Waals surface area contributed by atoms with E-state index in [0.717, 1.165) is 26.2 Å². The van der Waals surface area contributed by atoms with Crippen molar-refractivity contribution in [2.75, 3.05) is 26.2 Å². The normalized spacial score (nSPS) is 17.6. The lowest BCUT2D eigenvalue weighted by atomic mass is 10.1. The minimum absolute atomic E-state index is 0.0963. The van der Waals surface area contributed by atoms with Gasteiger partial charge in [0.2, 0.25) is 0 Å². The van der Waals surface area contributed by atoms with Gasteiger partial charge in [0.15, 0.2) is 0 Å². The van der Waals surface area contributed by atoms with Crippen molar-refractivity contribution in [3.63, 3.8) is 0 Å². The third-order valence-electron chi connectivity index (χ3n) is 3.90. The lowest BCUT2D eigenvalue weighted by molar-refractivity contribution is 0.103. The smallest absolute Gasteiger partial charge is 0.128 e. The van der Waals surface area contributed by atoms with Gasteiger partial charge in [-0.25, -0.2) is 4.39 Å². The Hall–Kier alpha value is -1.46. The molecule has 0 saturated carbocycles. The first-order chi connectivity index (χ1) is 9.47. The Kier molecular flexibility index (Phi) is 4.73. The summed E-state index contributed by atoms with van der Waals surface area (Å²) in [6.07, 6.45) is 0. The van der Waals surface area contributed by atoms with E-state index in [1.54, 1.807) is 12.1 Å². The quantitative estimate of drug-likeness (QED) is 0.650. The first-order valence-electron chi connectivity index (χ1n) is 7.06. The Morgan fingerprint density at radius 2 is 1.95 bits per heavy atom. The van der Waals surface area contributed by atoms with E-state index in [2.05, 4.69) is 23.6 Å². The van der Waals surface area contributed by atoms with Crippen LogP contribution in [0.1, 0.15) is 25.0 Å². The van der Waals surface area contributed by atoms with Gasteiger partial charge in [-0.15, -0.1) is 0 Å². The van der Waals surface area contributed by atoms with Crippen LogP contribution in [0.25, 0.3) is 0 Å². The monoisotopic (exact) mass is 278 g/mol. The summed E-state index contributed by atoms with van der Waals surface area (Å²) in [5.74, 6) is -0.370. The van der Waals surface area contributed by atoms with Gasteiger partial charge in [0.05, 0.1) is 0 Å². The van der Waals surface area contributed by atoms with Gasteiger partial charge in [-0.1, -0.05) is 12.1 Å². The Morgan fingerprint density at radius 3 is 2.45 bits per heavy atom. The summed E-state index contributed by atoms with van der Waals surface area (Å²) in [5, 5.41) is 7.31. The van der Waals surface area contributed by atoms with Crippen molar-refractivity contribution in [1.82, 2.24) is 9.80 Å². The summed E-state index contributed by atoms with van der Waals surface area (Å²) in [6, 6.07) is 5.37. The number of hydrogen-bond acceptors (Lipinski definition) is 3. The predicted octanol–water partition coefficient (Wildman–Crippen LogP) is 1.64. The van der Waals surface area contributed by atoms with Gasteiger partial charge in [0.1, 0.15) is 11.7 Å². The van der Waals surface area contributed by atoms with E-state index in [1.165, 1.54) is 6.07 Å². The molecule has 0 aliphatic carbocycles. The van der Waals surface area contributed by atoms with Crippen LogP contribution in [0.4, 0.5) is 4.39 Å². The second-order valence-electron chi connectivity index (χ2n) is 5.63. The van der Waals surface area contributed by atoms with Crippen LogP contribution in [0.2, 0.25) is 0 Å². The average molecular weight is 278 g/mol. The highest BCUT2D eigenvalue weighted by molar-refractivity contribution is 5.94. The predicted molar refractivity (Wildman–Crippen MR) is 79.4 cm³/mol. The van der Waals surface area contributed by atoms with Crippen LogP contribution in [-0.4, -0.2) is 47.9 Å². The number of nitrogens with one attached hydrogen (secondary N) is 1. The van der Waals surface area contributed by atoms with Crippen molar-refractivity contribution in [1.29, 1.82) is 5.41 Å².